The topological polar surface area (TPSA) is 89.9 Å². The van der Waals surface area contributed by atoms with Crippen molar-refractivity contribution in [1.29, 1.82) is 0 Å². The number of aromatic nitrogens is 4. The fourth-order valence-corrected chi connectivity index (χ4v) is 5.28. The van der Waals surface area contributed by atoms with E-state index in [1.165, 1.54) is 7.11 Å². The molecule has 0 atom stereocenters. The molecule has 7 nitrogen and oxygen atoms in total. The van der Waals surface area contributed by atoms with Crippen molar-refractivity contribution >= 4 is 40.3 Å². The Morgan fingerprint density at radius 2 is 1.83 bits per heavy atom. The summed E-state index contributed by atoms with van der Waals surface area (Å²) in [7, 11) is 1.39. The van der Waals surface area contributed by atoms with Crippen LogP contribution in [0.2, 0.25) is 0 Å². The molecule has 9 heteroatoms. The number of carbonyl (C=O) groups is 1. The average molecular weight is 503 g/mol. The van der Waals surface area contributed by atoms with Crippen molar-refractivity contribution in [2.45, 2.75) is 18.6 Å². The lowest BCUT2D eigenvalue weighted by atomic mass is 9.98. The summed E-state index contributed by atoms with van der Waals surface area (Å²) in [5, 5.41) is 0.862. The highest BCUT2D eigenvalue weighted by Gasteiger charge is 2.19. The number of thioether (sulfide) groups is 1. The molecule has 0 radical (unpaired) electrons. The molecule has 0 aliphatic carbocycles. The van der Waals surface area contributed by atoms with Gasteiger partial charge in [-0.05, 0) is 34.6 Å². The first kappa shape index (κ1) is 23.1. The Bertz CT molecular complexity index is 1570. The predicted molar refractivity (Wildman–Crippen MR) is 140 cm³/mol. The Morgan fingerprint density at radius 3 is 2.51 bits per heavy atom. The van der Waals surface area contributed by atoms with Gasteiger partial charge in [-0.25, -0.2) is 9.78 Å². The largest absolute Gasteiger partial charge is 0.465 e. The van der Waals surface area contributed by atoms with Crippen molar-refractivity contribution < 1.29 is 9.53 Å². The quantitative estimate of drug-likeness (QED) is 0.235. The monoisotopic (exact) mass is 502 g/mol. The van der Waals surface area contributed by atoms with Gasteiger partial charge >= 0.3 is 10.8 Å². The molecule has 0 amide bonds. The van der Waals surface area contributed by atoms with Gasteiger partial charge in [0.15, 0.2) is 11.0 Å². The summed E-state index contributed by atoms with van der Waals surface area (Å²) in [6.07, 6.45) is 0. The molecule has 5 aromatic rings. The van der Waals surface area contributed by atoms with Crippen molar-refractivity contribution in [2.24, 2.45) is 0 Å². The van der Waals surface area contributed by atoms with Gasteiger partial charge in [-0.3, -0.25) is 9.78 Å². The lowest BCUT2D eigenvalue weighted by molar-refractivity contribution is 0.0602. The SMILES string of the molecule is CCSc1nc2cccc(C(=O)OC)c2n1Cc1ccc(-c2ccccc2-c2nsc(=O)[nH]2)cc1. The van der Waals surface area contributed by atoms with Gasteiger partial charge in [0.2, 0.25) is 0 Å². The van der Waals surface area contributed by atoms with Gasteiger partial charge in [0.25, 0.3) is 0 Å². The van der Waals surface area contributed by atoms with Gasteiger partial charge in [-0.15, -0.1) is 0 Å². The number of H-pyrrole nitrogens is 1. The van der Waals surface area contributed by atoms with Crippen molar-refractivity contribution in [2.75, 3.05) is 12.9 Å². The molecule has 0 aliphatic heterocycles. The summed E-state index contributed by atoms with van der Waals surface area (Å²) in [6, 6.07) is 21.7. The number of hydrogen-bond acceptors (Lipinski definition) is 7. The zero-order chi connectivity index (χ0) is 24.4. The molecule has 0 saturated heterocycles. The van der Waals surface area contributed by atoms with E-state index in [1.54, 1.807) is 17.8 Å². The number of para-hydroxylation sites is 1. The summed E-state index contributed by atoms with van der Waals surface area (Å²) in [5.74, 6) is 1.06. The highest BCUT2D eigenvalue weighted by atomic mass is 32.2. The van der Waals surface area contributed by atoms with Crippen LogP contribution in [0.5, 0.6) is 0 Å². The molecule has 3 aromatic carbocycles. The molecule has 5 rings (SSSR count). The number of methoxy groups -OCH3 is 1. The number of imidazole rings is 1. The van der Waals surface area contributed by atoms with Crippen LogP contribution in [0.25, 0.3) is 33.5 Å². The molecular formula is C26H22N4O3S2. The molecule has 1 N–H and O–H groups in total. The molecule has 2 heterocycles. The summed E-state index contributed by atoms with van der Waals surface area (Å²) in [6.45, 7) is 2.64. The molecule has 176 valence electrons. The highest BCUT2D eigenvalue weighted by Crippen LogP contribution is 2.31. The summed E-state index contributed by atoms with van der Waals surface area (Å²) >= 11 is 2.56. The van der Waals surface area contributed by atoms with Crippen LogP contribution in [0.4, 0.5) is 0 Å². The minimum absolute atomic E-state index is 0.176. The Kier molecular flexibility index (Phi) is 6.52. The summed E-state index contributed by atoms with van der Waals surface area (Å²) < 4.78 is 11.3. The van der Waals surface area contributed by atoms with Crippen LogP contribution >= 0.6 is 23.3 Å². The molecule has 0 saturated carbocycles. The van der Waals surface area contributed by atoms with Crippen LogP contribution in [0.3, 0.4) is 0 Å². The first-order valence-electron chi connectivity index (χ1n) is 11.0. The van der Waals surface area contributed by atoms with E-state index in [-0.39, 0.29) is 10.8 Å². The van der Waals surface area contributed by atoms with Gasteiger partial charge in [-0.2, -0.15) is 4.37 Å². The third-order valence-corrected chi connectivity index (χ3v) is 7.04. The number of nitrogens with one attached hydrogen (secondary N) is 1. The van der Waals surface area contributed by atoms with Crippen molar-refractivity contribution in [3.05, 3.63) is 87.5 Å². The average Bonchev–Trinajstić information content (AvgIpc) is 3.47. The molecule has 0 aliphatic rings. The van der Waals surface area contributed by atoms with E-state index in [1.807, 2.05) is 36.4 Å². The number of rotatable bonds is 7. The number of esters is 1. The van der Waals surface area contributed by atoms with E-state index in [0.29, 0.717) is 17.9 Å². The predicted octanol–water partition coefficient (Wildman–Crippen LogP) is 5.46. The van der Waals surface area contributed by atoms with Crippen molar-refractivity contribution in [3.8, 4) is 22.5 Å². The Balaban J connectivity index is 1.53. The van der Waals surface area contributed by atoms with E-state index in [4.69, 9.17) is 9.72 Å². The molecule has 0 fully saturated rings. The van der Waals surface area contributed by atoms with Gasteiger partial charge in [-0.1, -0.05) is 73.3 Å². The zero-order valence-electron chi connectivity index (χ0n) is 19.1. The highest BCUT2D eigenvalue weighted by molar-refractivity contribution is 7.99. The van der Waals surface area contributed by atoms with Crippen LogP contribution in [0.15, 0.2) is 76.7 Å². The van der Waals surface area contributed by atoms with Crippen molar-refractivity contribution in [3.63, 3.8) is 0 Å². The van der Waals surface area contributed by atoms with Gasteiger partial charge in [0, 0.05) is 17.1 Å². The minimum Gasteiger partial charge on any atom is -0.465 e. The number of hydrogen-bond donors (Lipinski definition) is 1. The van der Waals surface area contributed by atoms with Crippen LogP contribution in [-0.4, -0.2) is 37.7 Å². The smallest absolute Gasteiger partial charge is 0.340 e. The lowest BCUT2D eigenvalue weighted by Crippen LogP contribution is -2.07. The molecule has 35 heavy (non-hydrogen) atoms. The Labute approximate surface area is 210 Å². The van der Waals surface area contributed by atoms with Gasteiger partial charge in [0.05, 0.1) is 30.3 Å². The van der Waals surface area contributed by atoms with Gasteiger partial charge in [0.1, 0.15) is 0 Å². The standard InChI is InChI=1S/C26H22N4O3S2/c1-3-34-25-27-21-10-6-9-20(24(31)33-2)22(21)30(25)15-16-11-13-17(14-12-16)18-7-4-5-8-19(18)23-28-26(32)35-29-23/h4-14H,3,15H2,1-2H3,(H,28,29,32). The second kappa shape index (κ2) is 9.89. The lowest BCUT2D eigenvalue weighted by Gasteiger charge is -2.12. The van der Waals surface area contributed by atoms with Crippen molar-refractivity contribution in [1.82, 2.24) is 18.9 Å². The van der Waals surface area contributed by atoms with Crippen LogP contribution in [-0.2, 0) is 11.3 Å². The minimum atomic E-state index is -0.378. The molecule has 0 spiro atoms. The van der Waals surface area contributed by atoms with Crippen LogP contribution < -0.4 is 4.87 Å². The Hall–Kier alpha value is -3.69. The summed E-state index contributed by atoms with van der Waals surface area (Å²) in [4.78, 5) is 31.5. The van der Waals surface area contributed by atoms with Crippen LogP contribution in [0, 0.1) is 0 Å². The number of benzene rings is 3. The molecule has 0 bridgehead atoms. The molecular weight excluding hydrogens is 480 g/mol. The maximum Gasteiger partial charge on any atom is 0.340 e. The zero-order valence-corrected chi connectivity index (χ0v) is 20.8. The normalized spacial score (nSPS) is 11.1. The Morgan fingerprint density at radius 1 is 1.06 bits per heavy atom. The third-order valence-electron chi connectivity index (χ3n) is 5.64. The second-order valence-corrected chi connectivity index (χ2v) is 9.73. The van der Waals surface area contributed by atoms with E-state index >= 15 is 0 Å². The number of ether oxygens (including phenoxy) is 1. The summed E-state index contributed by atoms with van der Waals surface area (Å²) in [5.41, 5.74) is 6.01. The molecule has 0 unspecified atom stereocenters. The fraction of sp³-hybridized carbons (Fsp3) is 0.154. The van der Waals surface area contributed by atoms with E-state index in [2.05, 4.69) is 45.1 Å². The third kappa shape index (κ3) is 4.52. The van der Waals surface area contributed by atoms with E-state index in [9.17, 15) is 9.59 Å². The molecule has 2 aromatic heterocycles. The maximum atomic E-state index is 12.5. The first-order chi connectivity index (χ1) is 17.1. The maximum absolute atomic E-state index is 12.5. The fourth-order valence-electron chi connectivity index (χ4n) is 4.08. The number of fused-ring (bicyclic) bond motifs is 1. The second-order valence-electron chi connectivity index (χ2n) is 7.76. The first-order valence-corrected chi connectivity index (χ1v) is 12.8. The number of nitrogens with zero attached hydrogens (tertiary/aromatic N) is 3. The number of carbonyl (C=O) groups excluding carboxylic acids is 1. The van der Waals surface area contributed by atoms with E-state index in [0.717, 1.165) is 55.7 Å². The number of aromatic amines is 1. The van der Waals surface area contributed by atoms with Crippen LogP contribution in [0.1, 0.15) is 22.8 Å². The van der Waals surface area contributed by atoms with E-state index < -0.39 is 0 Å². The van der Waals surface area contributed by atoms with Gasteiger partial charge < -0.3 is 9.30 Å².